The van der Waals surface area contributed by atoms with E-state index in [0.717, 1.165) is 19.3 Å². The minimum atomic E-state index is -0.479. The first-order valence-corrected chi connectivity index (χ1v) is 6.73. The zero-order chi connectivity index (χ0) is 13.7. The normalized spacial score (nSPS) is 24.9. The largest absolute Gasteiger partial charge is 0.354 e. The van der Waals surface area contributed by atoms with E-state index in [-0.39, 0.29) is 23.8 Å². The predicted octanol–water partition coefficient (Wildman–Crippen LogP) is 0.391. The van der Waals surface area contributed by atoms with Crippen molar-refractivity contribution < 1.29 is 9.59 Å². The van der Waals surface area contributed by atoms with Gasteiger partial charge in [-0.25, -0.2) is 0 Å². The fraction of sp³-hybridized carbons (Fsp3) is 0.846. The third-order valence-electron chi connectivity index (χ3n) is 3.28. The molecule has 0 saturated heterocycles. The highest BCUT2D eigenvalue weighted by atomic mass is 16.2. The van der Waals surface area contributed by atoms with E-state index < -0.39 is 6.04 Å². The quantitative estimate of drug-likeness (QED) is 0.664. The maximum atomic E-state index is 11.9. The summed E-state index contributed by atoms with van der Waals surface area (Å²) in [7, 11) is 0. The van der Waals surface area contributed by atoms with Crippen molar-refractivity contribution in [3.63, 3.8) is 0 Å². The molecular weight excluding hydrogens is 230 g/mol. The molecule has 0 aromatic heterocycles. The topological polar surface area (TPSA) is 84.2 Å². The van der Waals surface area contributed by atoms with Gasteiger partial charge < -0.3 is 16.4 Å². The lowest BCUT2D eigenvalue weighted by molar-refractivity contribution is -0.130. The van der Waals surface area contributed by atoms with Crippen LogP contribution in [0.1, 0.15) is 40.0 Å². The second-order valence-corrected chi connectivity index (χ2v) is 5.64. The Morgan fingerprint density at radius 2 is 1.94 bits per heavy atom. The van der Waals surface area contributed by atoms with Crippen LogP contribution in [0.3, 0.4) is 0 Å². The van der Waals surface area contributed by atoms with Crippen LogP contribution in [0.15, 0.2) is 0 Å². The van der Waals surface area contributed by atoms with E-state index in [4.69, 9.17) is 5.73 Å². The van der Waals surface area contributed by atoms with Crippen LogP contribution in [-0.4, -0.2) is 30.4 Å². The Bertz CT molecular complexity index is 305. The van der Waals surface area contributed by atoms with Gasteiger partial charge in [-0.05, 0) is 32.1 Å². The minimum Gasteiger partial charge on any atom is -0.354 e. The summed E-state index contributed by atoms with van der Waals surface area (Å²) in [6, 6.07) is -0.348. The van der Waals surface area contributed by atoms with Gasteiger partial charge >= 0.3 is 0 Å². The first-order valence-electron chi connectivity index (χ1n) is 6.73. The van der Waals surface area contributed by atoms with Gasteiger partial charge in [0.2, 0.25) is 11.8 Å². The Morgan fingerprint density at radius 3 is 2.44 bits per heavy atom. The van der Waals surface area contributed by atoms with Crippen molar-refractivity contribution in [1.29, 1.82) is 0 Å². The Hall–Kier alpha value is -1.10. The second kappa shape index (κ2) is 6.73. The SMILES string of the molecule is CC(C)CNC(=O)C(C)NC(=O)C1CCC(N)C1. The van der Waals surface area contributed by atoms with Gasteiger partial charge in [-0.3, -0.25) is 9.59 Å². The van der Waals surface area contributed by atoms with Gasteiger partial charge in [-0.15, -0.1) is 0 Å². The van der Waals surface area contributed by atoms with Crippen molar-refractivity contribution in [1.82, 2.24) is 10.6 Å². The van der Waals surface area contributed by atoms with E-state index in [1.807, 2.05) is 13.8 Å². The average molecular weight is 255 g/mol. The van der Waals surface area contributed by atoms with E-state index in [1.165, 1.54) is 0 Å². The zero-order valence-corrected chi connectivity index (χ0v) is 11.5. The van der Waals surface area contributed by atoms with Gasteiger partial charge in [0.05, 0.1) is 0 Å². The van der Waals surface area contributed by atoms with Gasteiger partial charge in [0.15, 0.2) is 0 Å². The summed E-state index contributed by atoms with van der Waals surface area (Å²) in [5, 5.41) is 5.57. The highest BCUT2D eigenvalue weighted by Crippen LogP contribution is 2.24. The number of rotatable bonds is 5. The van der Waals surface area contributed by atoms with Crippen LogP contribution in [0, 0.1) is 11.8 Å². The van der Waals surface area contributed by atoms with E-state index in [0.29, 0.717) is 12.5 Å². The van der Waals surface area contributed by atoms with Crippen LogP contribution >= 0.6 is 0 Å². The molecule has 0 heterocycles. The molecule has 0 aromatic rings. The Morgan fingerprint density at radius 1 is 1.28 bits per heavy atom. The first kappa shape index (κ1) is 15.0. The summed E-state index contributed by atoms with van der Waals surface area (Å²) >= 11 is 0. The summed E-state index contributed by atoms with van der Waals surface area (Å²) in [5.41, 5.74) is 5.78. The third-order valence-corrected chi connectivity index (χ3v) is 3.28. The van der Waals surface area contributed by atoms with E-state index >= 15 is 0 Å². The number of carbonyl (C=O) groups is 2. The highest BCUT2D eigenvalue weighted by molar-refractivity contribution is 5.88. The predicted molar refractivity (Wildman–Crippen MR) is 70.8 cm³/mol. The molecule has 3 atom stereocenters. The molecule has 0 spiro atoms. The number of nitrogens with two attached hydrogens (primary N) is 1. The Kier molecular flexibility index (Phi) is 5.59. The van der Waals surface area contributed by atoms with Gasteiger partial charge in [-0.2, -0.15) is 0 Å². The molecule has 1 aliphatic rings. The molecule has 0 aliphatic heterocycles. The summed E-state index contributed by atoms with van der Waals surface area (Å²) < 4.78 is 0. The smallest absolute Gasteiger partial charge is 0.242 e. The van der Waals surface area contributed by atoms with Crippen molar-refractivity contribution >= 4 is 11.8 Å². The molecule has 0 aromatic carbocycles. The molecule has 0 bridgehead atoms. The van der Waals surface area contributed by atoms with Crippen LogP contribution in [-0.2, 0) is 9.59 Å². The monoisotopic (exact) mass is 255 g/mol. The third kappa shape index (κ3) is 4.64. The van der Waals surface area contributed by atoms with Crippen molar-refractivity contribution in [3.8, 4) is 0 Å². The summed E-state index contributed by atoms with van der Waals surface area (Å²) in [6.07, 6.45) is 2.45. The molecule has 4 N–H and O–H groups in total. The van der Waals surface area contributed by atoms with Gasteiger partial charge in [0, 0.05) is 18.5 Å². The van der Waals surface area contributed by atoms with Crippen LogP contribution < -0.4 is 16.4 Å². The van der Waals surface area contributed by atoms with E-state index in [1.54, 1.807) is 6.92 Å². The standard InChI is InChI=1S/C13H25N3O2/c1-8(2)7-15-12(17)9(3)16-13(18)10-4-5-11(14)6-10/h8-11H,4-7,14H2,1-3H3,(H,15,17)(H,16,18). The van der Waals surface area contributed by atoms with Crippen LogP contribution in [0.2, 0.25) is 0 Å². The van der Waals surface area contributed by atoms with Gasteiger partial charge in [-0.1, -0.05) is 13.8 Å². The molecule has 0 radical (unpaired) electrons. The van der Waals surface area contributed by atoms with Gasteiger partial charge in [0.25, 0.3) is 0 Å². The molecular formula is C13H25N3O2. The molecule has 2 amide bonds. The van der Waals surface area contributed by atoms with Gasteiger partial charge in [0.1, 0.15) is 6.04 Å². The number of hydrogen-bond acceptors (Lipinski definition) is 3. The first-order chi connectivity index (χ1) is 8.40. The molecule has 1 saturated carbocycles. The zero-order valence-electron chi connectivity index (χ0n) is 11.5. The lowest BCUT2D eigenvalue weighted by atomic mass is 10.1. The fourth-order valence-electron chi connectivity index (χ4n) is 2.11. The number of amides is 2. The summed E-state index contributed by atoms with van der Waals surface area (Å²) in [4.78, 5) is 23.6. The number of carbonyl (C=O) groups excluding carboxylic acids is 2. The molecule has 5 nitrogen and oxygen atoms in total. The average Bonchev–Trinajstić information content (AvgIpc) is 2.72. The Labute approximate surface area is 109 Å². The van der Waals surface area contributed by atoms with Crippen LogP contribution in [0.4, 0.5) is 0 Å². The van der Waals surface area contributed by atoms with Crippen molar-refractivity contribution in [2.45, 2.75) is 52.1 Å². The van der Waals surface area contributed by atoms with Crippen LogP contribution in [0.5, 0.6) is 0 Å². The Balaban J connectivity index is 2.32. The molecule has 104 valence electrons. The molecule has 1 aliphatic carbocycles. The maximum absolute atomic E-state index is 11.9. The van der Waals surface area contributed by atoms with Crippen LogP contribution in [0.25, 0.3) is 0 Å². The molecule has 3 unspecified atom stereocenters. The number of hydrogen-bond donors (Lipinski definition) is 3. The molecule has 1 fully saturated rings. The second-order valence-electron chi connectivity index (χ2n) is 5.64. The lowest BCUT2D eigenvalue weighted by Gasteiger charge is -2.17. The summed E-state index contributed by atoms with van der Waals surface area (Å²) in [6.45, 7) is 6.41. The molecule has 1 rings (SSSR count). The van der Waals surface area contributed by atoms with Crippen molar-refractivity contribution in [2.75, 3.05) is 6.54 Å². The maximum Gasteiger partial charge on any atom is 0.242 e. The van der Waals surface area contributed by atoms with Crippen molar-refractivity contribution in [3.05, 3.63) is 0 Å². The molecule has 18 heavy (non-hydrogen) atoms. The highest BCUT2D eigenvalue weighted by Gasteiger charge is 2.29. The fourth-order valence-corrected chi connectivity index (χ4v) is 2.11. The van der Waals surface area contributed by atoms with Crippen molar-refractivity contribution in [2.24, 2.45) is 17.6 Å². The summed E-state index contributed by atoms with van der Waals surface area (Å²) in [5.74, 6) is 0.208. The van der Waals surface area contributed by atoms with E-state index in [2.05, 4.69) is 10.6 Å². The minimum absolute atomic E-state index is 0.0275. The van der Waals surface area contributed by atoms with E-state index in [9.17, 15) is 9.59 Å². The molecule has 5 heteroatoms. The number of nitrogens with one attached hydrogen (secondary N) is 2. The lowest BCUT2D eigenvalue weighted by Crippen LogP contribution is -2.47.